The molecule has 0 amide bonds. The monoisotopic (exact) mass is 701 g/mol. The predicted molar refractivity (Wildman–Crippen MR) is 211 cm³/mol. The van der Waals surface area contributed by atoms with Crippen molar-refractivity contribution in [2.24, 2.45) is 5.92 Å². The maximum absolute atomic E-state index is 12.0. The third-order valence-corrected chi connectivity index (χ3v) is 8.55. The van der Waals surface area contributed by atoms with Crippen molar-refractivity contribution in [3.05, 3.63) is 60.8 Å². The van der Waals surface area contributed by atoms with Crippen molar-refractivity contribution < 1.29 is 29.3 Å². The van der Waals surface area contributed by atoms with E-state index in [1.165, 1.54) is 83.5 Å². The highest BCUT2D eigenvalue weighted by Gasteiger charge is 2.12. The van der Waals surface area contributed by atoms with Crippen LogP contribution in [0.5, 0.6) is 0 Å². The van der Waals surface area contributed by atoms with E-state index in [1.54, 1.807) is 6.08 Å². The van der Waals surface area contributed by atoms with Gasteiger partial charge in [-0.05, 0) is 50.9 Å². The molecule has 50 heavy (non-hydrogen) atoms. The van der Waals surface area contributed by atoms with Gasteiger partial charge in [-0.3, -0.25) is 9.59 Å². The number of rotatable bonds is 35. The molecule has 0 rings (SSSR count). The first-order valence-corrected chi connectivity index (χ1v) is 20.3. The highest BCUT2D eigenvalue weighted by atomic mass is 16.6. The molecule has 2 atom stereocenters. The van der Waals surface area contributed by atoms with Gasteiger partial charge in [-0.25, -0.2) is 0 Å². The SMILES string of the molecule is CC/C=C\C/C=C\C/C=C\C/C=C\C=C\C(O)CCCC(=O)OC[C@H](O)COC(=O)CCCCCCCCCCCCCCCCCC(C)C. The molecule has 288 valence electrons. The zero-order chi connectivity index (χ0) is 36.8. The molecule has 0 saturated carbocycles. The lowest BCUT2D eigenvalue weighted by Crippen LogP contribution is -2.25. The van der Waals surface area contributed by atoms with Gasteiger partial charge in [0, 0.05) is 12.8 Å². The molecule has 0 aromatic heterocycles. The standard InChI is InChI=1S/C44H76O6/c1-4-5-6-7-8-9-10-14-18-21-24-27-30-34-41(45)35-32-37-44(48)50-39-42(46)38-49-43(47)36-31-28-25-22-19-16-13-11-12-15-17-20-23-26-29-33-40(2)3/h5-6,8-9,14,18,24,27,30,34,40-42,45-46H,4,7,10-13,15-17,19-23,25-26,28-29,31-33,35-39H2,1-3H3/b6-5-,9-8-,18-14-,27-24-,34-30+/t41?,42-/m1/s1. The minimum Gasteiger partial charge on any atom is -0.463 e. The molecule has 0 bridgehead atoms. The maximum Gasteiger partial charge on any atom is 0.305 e. The molecule has 0 fully saturated rings. The molecule has 0 saturated heterocycles. The summed E-state index contributed by atoms with van der Waals surface area (Å²) in [5.74, 6) is 0.0847. The summed E-state index contributed by atoms with van der Waals surface area (Å²) in [6, 6.07) is 0. The van der Waals surface area contributed by atoms with E-state index in [2.05, 4.69) is 57.2 Å². The Morgan fingerprint density at radius 1 is 0.520 bits per heavy atom. The fraction of sp³-hybridized carbons (Fsp3) is 0.727. The summed E-state index contributed by atoms with van der Waals surface area (Å²) in [7, 11) is 0. The van der Waals surface area contributed by atoms with Gasteiger partial charge in [-0.15, -0.1) is 0 Å². The van der Waals surface area contributed by atoms with Crippen LogP contribution < -0.4 is 0 Å². The fourth-order valence-corrected chi connectivity index (χ4v) is 5.48. The second-order valence-electron chi connectivity index (χ2n) is 14.1. The summed E-state index contributed by atoms with van der Waals surface area (Å²) in [4.78, 5) is 24.0. The van der Waals surface area contributed by atoms with Gasteiger partial charge in [0.05, 0.1) is 6.10 Å². The van der Waals surface area contributed by atoms with Crippen LogP contribution in [0.4, 0.5) is 0 Å². The smallest absolute Gasteiger partial charge is 0.305 e. The quantitative estimate of drug-likeness (QED) is 0.0296. The molecule has 2 N–H and O–H groups in total. The molecule has 1 unspecified atom stereocenters. The molecule has 0 aliphatic heterocycles. The lowest BCUT2D eigenvalue weighted by atomic mass is 10.0. The van der Waals surface area contributed by atoms with Crippen LogP contribution >= 0.6 is 0 Å². The van der Waals surface area contributed by atoms with Crippen molar-refractivity contribution in [3.8, 4) is 0 Å². The zero-order valence-corrected chi connectivity index (χ0v) is 32.4. The summed E-state index contributed by atoms with van der Waals surface area (Å²) >= 11 is 0. The van der Waals surface area contributed by atoms with Crippen molar-refractivity contribution in [1.29, 1.82) is 0 Å². The van der Waals surface area contributed by atoms with Gasteiger partial charge in [0.2, 0.25) is 0 Å². The highest BCUT2D eigenvalue weighted by Crippen LogP contribution is 2.15. The van der Waals surface area contributed by atoms with Crippen molar-refractivity contribution in [2.75, 3.05) is 13.2 Å². The number of esters is 2. The third-order valence-electron chi connectivity index (χ3n) is 8.55. The predicted octanol–water partition coefficient (Wildman–Crippen LogP) is 11.6. The van der Waals surface area contributed by atoms with Gasteiger partial charge in [-0.1, -0.05) is 178 Å². The van der Waals surface area contributed by atoms with Crippen LogP contribution in [0.1, 0.15) is 175 Å². The van der Waals surface area contributed by atoms with Crippen molar-refractivity contribution in [1.82, 2.24) is 0 Å². The van der Waals surface area contributed by atoms with Crippen LogP contribution in [0, 0.1) is 5.92 Å². The van der Waals surface area contributed by atoms with Gasteiger partial charge in [-0.2, -0.15) is 0 Å². The summed E-state index contributed by atoms with van der Waals surface area (Å²) in [6.45, 7) is 6.37. The average Bonchev–Trinajstić information content (AvgIpc) is 3.09. The van der Waals surface area contributed by atoms with E-state index in [9.17, 15) is 19.8 Å². The van der Waals surface area contributed by atoms with Gasteiger partial charge in [0.1, 0.15) is 19.3 Å². The fourth-order valence-electron chi connectivity index (χ4n) is 5.48. The van der Waals surface area contributed by atoms with Crippen LogP contribution in [0.2, 0.25) is 0 Å². The molecule has 6 heteroatoms. The molecule has 0 spiro atoms. The Morgan fingerprint density at radius 2 is 0.940 bits per heavy atom. The Morgan fingerprint density at radius 3 is 1.42 bits per heavy atom. The molecule has 0 heterocycles. The number of aliphatic hydroxyl groups is 2. The number of hydrogen-bond donors (Lipinski definition) is 2. The van der Waals surface area contributed by atoms with Crippen LogP contribution in [0.15, 0.2) is 60.8 Å². The van der Waals surface area contributed by atoms with E-state index < -0.39 is 18.2 Å². The number of hydrogen-bond acceptors (Lipinski definition) is 6. The van der Waals surface area contributed by atoms with Crippen molar-refractivity contribution >= 4 is 11.9 Å². The number of carbonyl (C=O) groups excluding carboxylic acids is 2. The molecule has 6 nitrogen and oxygen atoms in total. The Kier molecular flexibility index (Phi) is 36.0. The van der Waals surface area contributed by atoms with E-state index >= 15 is 0 Å². The highest BCUT2D eigenvalue weighted by molar-refractivity contribution is 5.69. The van der Waals surface area contributed by atoms with Gasteiger partial charge < -0.3 is 19.7 Å². The molecule has 0 aromatic carbocycles. The van der Waals surface area contributed by atoms with Crippen LogP contribution in [-0.4, -0.2) is 47.6 Å². The van der Waals surface area contributed by atoms with E-state index in [0.717, 1.165) is 50.9 Å². The Labute approximate surface area is 307 Å². The summed E-state index contributed by atoms with van der Waals surface area (Å²) < 4.78 is 10.2. The molecule has 0 aliphatic rings. The summed E-state index contributed by atoms with van der Waals surface area (Å²) in [5.41, 5.74) is 0. The first-order chi connectivity index (χ1) is 24.3. The Balaban J connectivity index is 3.61. The Bertz CT molecular complexity index is 915. The van der Waals surface area contributed by atoms with E-state index in [4.69, 9.17) is 9.47 Å². The van der Waals surface area contributed by atoms with Gasteiger partial charge in [0.25, 0.3) is 0 Å². The number of ether oxygens (including phenoxy) is 2. The zero-order valence-electron chi connectivity index (χ0n) is 32.4. The molecule has 0 aliphatic carbocycles. The van der Waals surface area contributed by atoms with Crippen molar-refractivity contribution in [2.45, 2.75) is 187 Å². The maximum atomic E-state index is 12.0. The number of unbranched alkanes of at least 4 members (excludes halogenated alkanes) is 14. The van der Waals surface area contributed by atoms with E-state index in [0.29, 0.717) is 19.3 Å². The topological polar surface area (TPSA) is 93.1 Å². The first kappa shape index (κ1) is 47.6. The lowest BCUT2D eigenvalue weighted by Gasteiger charge is -2.12. The van der Waals surface area contributed by atoms with Crippen LogP contribution in [0.3, 0.4) is 0 Å². The number of carbonyl (C=O) groups is 2. The molecule has 0 radical (unpaired) electrons. The number of allylic oxidation sites excluding steroid dienone is 9. The van der Waals surface area contributed by atoms with Crippen LogP contribution in [0.25, 0.3) is 0 Å². The molecular formula is C44H76O6. The largest absolute Gasteiger partial charge is 0.463 e. The summed E-state index contributed by atoms with van der Waals surface area (Å²) in [6.07, 6.45) is 44.6. The lowest BCUT2D eigenvalue weighted by molar-refractivity contribution is -0.152. The van der Waals surface area contributed by atoms with Crippen molar-refractivity contribution in [3.63, 3.8) is 0 Å². The second-order valence-corrected chi connectivity index (χ2v) is 14.1. The normalized spacial score (nSPS) is 13.6. The minimum atomic E-state index is -1.04. The summed E-state index contributed by atoms with van der Waals surface area (Å²) in [5, 5.41) is 20.1. The molecular weight excluding hydrogens is 624 g/mol. The van der Waals surface area contributed by atoms with Gasteiger partial charge in [0.15, 0.2) is 0 Å². The van der Waals surface area contributed by atoms with Gasteiger partial charge >= 0.3 is 11.9 Å². The molecule has 0 aromatic rings. The number of aliphatic hydroxyl groups excluding tert-OH is 2. The Hall–Kier alpha value is -2.44. The first-order valence-electron chi connectivity index (χ1n) is 20.3. The van der Waals surface area contributed by atoms with E-state index in [-0.39, 0.29) is 25.6 Å². The minimum absolute atomic E-state index is 0.153. The second kappa shape index (κ2) is 37.8. The van der Waals surface area contributed by atoms with Crippen LogP contribution in [-0.2, 0) is 19.1 Å². The average molecular weight is 701 g/mol. The van der Waals surface area contributed by atoms with E-state index in [1.807, 2.05) is 18.2 Å². The third kappa shape index (κ3) is 38.4.